The van der Waals surface area contributed by atoms with Crippen molar-refractivity contribution in [2.24, 2.45) is 0 Å². The lowest BCUT2D eigenvalue weighted by atomic mass is 9.89. The van der Waals surface area contributed by atoms with E-state index in [-0.39, 0.29) is 18.8 Å². The number of hydrogen-bond acceptors (Lipinski definition) is 0. The standard InChI is InChI=1S/C17H16F2/c18-17(19)11-10-14(12-17)16-9-5-4-8-15(16)13-6-2-1-3-7-13/h1-9,14H,10-12H2. The van der Waals surface area contributed by atoms with Crippen LogP contribution in [-0.4, -0.2) is 5.92 Å². The lowest BCUT2D eigenvalue weighted by Crippen LogP contribution is -2.09. The molecule has 2 heteroatoms. The largest absolute Gasteiger partial charge is 0.248 e. The molecule has 1 aliphatic rings. The second-order valence-corrected chi connectivity index (χ2v) is 5.25. The molecule has 1 aliphatic carbocycles. The number of hydrogen-bond donors (Lipinski definition) is 0. The Morgan fingerprint density at radius 2 is 1.58 bits per heavy atom. The Labute approximate surface area is 112 Å². The van der Waals surface area contributed by atoms with E-state index >= 15 is 0 Å². The summed E-state index contributed by atoms with van der Waals surface area (Å²) in [6.45, 7) is 0. The van der Waals surface area contributed by atoms with Gasteiger partial charge in [0.1, 0.15) is 0 Å². The van der Waals surface area contributed by atoms with E-state index in [1.54, 1.807) is 0 Å². The van der Waals surface area contributed by atoms with Crippen LogP contribution in [-0.2, 0) is 0 Å². The van der Waals surface area contributed by atoms with Gasteiger partial charge in [-0.3, -0.25) is 0 Å². The van der Waals surface area contributed by atoms with Crippen molar-refractivity contribution in [3.8, 4) is 11.1 Å². The van der Waals surface area contributed by atoms with Gasteiger partial charge in [0.2, 0.25) is 5.92 Å². The Morgan fingerprint density at radius 1 is 0.895 bits per heavy atom. The first kappa shape index (κ1) is 12.3. The van der Waals surface area contributed by atoms with Crippen molar-refractivity contribution in [2.75, 3.05) is 0 Å². The topological polar surface area (TPSA) is 0 Å². The van der Waals surface area contributed by atoms with Crippen LogP contribution in [0.25, 0.3) is 11.1 Å². The van der Waals surface area contributed by atoms with E-state index in [9.17, 15) is 8.78 Å². The number of alkyl halides is 2. The molecule has 1 unspecified atom stereocenters. The van der Waals surface area contributed by atoms with Crippen LogP contribution in [0.4, 0.5) is 8.78 Å². The van der Waals surface area contributed by atoms with E-state index in [4.69, 9.17) is 0 Å². The highest BCUT2D eigenvalue weighted by Crippen LogP contribution is 2.46. The zero-order valence-corrected chi connectivity index (χ0v) is 10.7. The molecule has 0 N–H and O–H groups in total. The third kappa shape index (κ3) is 2.53. The van der Waals surface area contributed by atoms with Crippen molar-refractivity contribution < 1.29 is 8.78 Å². The van der Waals surface area contributed by atoms with Gasteiger partial charge in [0, 0.05) is 12.8 Å². The van der Waals surface area contributed by atoms with Gasteiger partial charge in [-0.1, -0.05) is 54.6 Å². The highest BCUT2D eigenvalue weighted by molar-refractivity contribution is 5.68. The maximum absolute atomic E-state index is 13.4. The Bertz CT molecular complexity index is 560. The summed E-state index contributed by atoms with van der Waals surface area (Å²) in [6.07, 6.45) is 0.578. The van der Waals surface area contributed by atoms with Crippen LogP contribution in [0.5, 0.6) is 0 Å². The van der Waals surface area contributed by atoms with Crippen LogP contribution >= 0.6 is 0 Å². The highest BCUT2D eigenvalue weighted by Gasteiger charge is 2.40. The third-order valence-corrected chi connectivity index (χ3v) is 3.89. The van der Waals surface area contributed by atoms with Crippen LogP contribution in [0.1, 0.15) is 30.7 Å². The van der Waals surface area contributed by atoms with Crippen molar-refractivity contribution in [1.29, 1.82) is 0 Å². The summed E-state index contributed by atoms with van der Waals surface area (Å²) in [5, 5.41) is 0. The molecule has 1 saturated carbocycles. The van der Waals surface area contributed by atoms with Crippen LogP contribution in [0.2, 0.25) is 0 Å². The molecule has 0 bridgehead atoms. The van der Waals surface area contributed by atoms with Gasteiger partial charge in [0.15, 0.2) is 0 Å². The summed E-state index contributed by atoms with van der Waals surface area (Å²) in [5.74, 6) is -2.51. The average Bonchev–Trinajstić information content (AvgIpc) is 2.80. The molecule has 0 radical (unpaired) electrons. The molecule has 19 heavy (non-hydrogen) atoms. The zero-order valence-electron chi connectivity index (χ0n) is 10.7. The van der Waals surface area contributed by atoms with Crippen molar-refractivity contribution in [3.63, 3.8) is 0 Å². The van der Waals surface area contributed by atoms with Crippen molar-refractivity contribution in [3.05, 3.63) is 60.2 Å². The SMILES string of the molecule is FC1(F)CCC(c2ccccc2-c2ccccc2)C1. The van der Waals surface area contributed by atoms with E-state index in [0.29, 0.717) is 6.42 Å². The average molecular weight is 258 g/mol. The number of benzene rings is 2. The van der Waals surface area contributed by atoms with Crippen LogP contribution in [0.3, 0.4) is 0 Å². The van der Waals surface area contributed by atoms with Gasteiger partial charge in [0.05, 0.1) is 0 Å². The summed E-state index contributed by atoms with van der Waals surface area (Å²) in [5.41, 5.74) is 3.25. The van der Waals surface area contributed by atoms with E-state index in [1.807, 2.05) is 54.6 Å². The molecular formula is C17H16F2. The van der Waals surface area contributed by atoms with Gasteiger partial charge in [-0.05, 0) is 29.0 Å². The Morgan fingerprint density at radius 3 is 2.26 bits per heavy atom. The fourth-order valence-corrected chi connectivity index (χ4v) is 2.95. The number of rotatable bonds is 2. The predicted molar refractivity (Wildman–Crippen MR) is 73.4 cm³/mol. The fraction of sp³-hybridized carbons (Fsp3) is 0.294. The molecular weight excluding hydrogens is 242 g/mol. The molecule has 0 saturated heterocycles. The zero-order chi connectivity index (χ0) is 13.3. The predicted octanol–water partition coefficient (Wildman–Crippen LogP) is 5.26. The van der Waals surface area contributed by atoms with Gasteiger partial charge >= 0.3 is 0 Å². The van der Waals surface area contributed by atoms with Crippen LogP contribution in [0.15, 0.2) is 54.6 Å². The molecule has 2 aromatic rings. The molecule has 1 fully saturated rings. The van der Waals surface area contributed by atoms with Gasteiger partial charge in [-0.15, -0.1) is 0 Å². The highest BCUT2D eigenvalue weighted by atomic mass is 19.3. The monoisotopic (exact) mass is 258 g/mol. The summed E-state index contributed by atoms with van der Waals surface area (Å²) >= 11 is 0. The second-order valence-electron chi connectivity index (χ2n) is 5.25. The quantitative estimate of drug-likeness (QED) is 0.689. The molecule has 0 amide bonds. The van der Waals surface area contributed by atoms with Crippen molar-refractivity contribution in [1.82, 2.24) is 0 Å². The maximum Gasteiger partial charge on any atom is 0.248 e. The van der Waals surface area contributed by atoms with Crippen molar-refractivity contribution >= 4 is 0 Å². The van der Waals surface area contributed by atoms with Gasteiger partial charge in [-0.25, -0.2) is 8.78 Å². The Kier molecular flexibility index (Phi) is 3.09. The summed E-state index contributed by atoms with van der Waals surface area (Å²) in [4.78, 5) is 0. The van der Waals surface area contributed by atoms with Crippen molar-refractivity contribution in [2.45, 2.75) is 31.1 Å². The van der Waals surface area contributed by atoms with E-state index in [0.717, 1.165) is 16.7 Å². The smallest absolute Gasteiger partial charge is 0.207 e. The molecule has 0 aliphatic heterocycles. The lowest BCUT2D eigenvalue weighted by molar-refractivity contribution is 0.00778. The van der Waals surface area contributed by atoms with Gasteiger partial charge in [0.25, 0.3) is 0 Å². The molecule has 0 nitrogen and oxygen atoms in total. The normalized spacial score (nSPS) is 21.5. The summed E-state index contributed by atoms with van der Waals surface area (Å²) in [7, 11) is 0. The minimum absolute atomic E-state index is 0.0147. The van der Waals surface area contributed by atoms with Crippen LogP contribution < -0.4 is 0 Å². The van der Waals surface area contributed by atoms with E-state index in [1.165, 1.54) is 0 Å². The number of halogens is 2. The Balaban J connectivity index is 1.99. The van der Waals surface area contributed by atoms with E-state index in [2.05, 4.69) is 0 Å². The molecule has 0 spiro atoms. The first-order valence-electron chi connectivity index (χ1n) is 6.68. The molecule has 98 valence electrons. The minimum atomic E-state index is -2.49. The molecule has 2 aromatic carbocycles. The summed E-state index contributed by atoms with van der Waals surface area (Å²) in [6, 6.07) is 17.9. The van der Waals surface area contributed by atoms with E-state index < -0.39 is 5.92 Å². The third-order valence-electron chi connectivity index (χ3n) is 3.89. The maximum atomic E-state index is 13.4. The molecule has 3 rings (SSSR count). The molecule has 0 aromatic heterocycles. The second kappa shape index (κ2) is 4.76. The van der Waals surface area contributed by atoms with Gasteiger partial charge < -0.3 is 0 Å². The summed E-state index contributed by atoms with van der Waals surface area (Å²) < 4.78 is 26.8. The lowest BCUT2D eigenvalue weighted by Gasteiger charge is -2.16. The van der Waals surface area contributed by atoms with Gasteiger partial charge in [-0.2, -0.15) is 0 Å². The Hall–Kier alpha value is -1.70. The fourth-order valence-electron chi connectivity index (χ4n) is 2.95. The minimum Gasteiger partial charge on any atom is -0.207 e. The molecule has 1 atom stereocenters. The van der Waals surface area contributed by atoms with Crippen LogP contribution in [0, 0.1) is 0 Å². The first-order chi connectivity index (χ1) is 9.16. The first-order valence-corrected chi connectivity index (χ1v) is 6.68. The molecule has 0 heterocycles.